The minimum absolute atomic E-state index is 0.110. The van der Waals surface area contributed by atoms with E-state index in [9.17, 15) is 19.3 Å². The Morgan fingerprint density at radius 2 is 1.89 bits per heavy atom. The molecule has 0 aromatic heterocycles. The van der Waals surface area contributed by atoms with Crippen molar-refractivity contribution in [3.63, 3.8) is 0 Å². The van der Waals surface area contributed by atoms with Crippen LogP contribution in [-0.2, 0) is 0 Å². The maximum absolute atomic E-state index is 13.0. The van der Waals surface area contributed by atoms with Crippen molar-refractivity contribution in [1.29, 1.82) is 0 Å². The molecule has 0 bridgehead atoms. The smallest absolute Gasteiger partial charge is 0.284 e. The molecule has 0 aliphatic heterocycles. The number of carbonyl (C=O) groups is 1. The second-order valence-corrected chi connectivity index (χ2v) is 7.95. The Bertz CT molecular complexity index is 842. The maximum atomic E-state index is 13.0. The second-order valence-electron chi connectivity index (χ2n) is 6.84. The lowest BCUT2D eigenvalue weighted by atomic mass is 9.86. The molecule has 5 nitrogen and oxygen atoms in total. The Morgan fingerprint density at radius 1 is 1.19 bits per heavy atom. The molecule has 1 saturated carbocycles. The van der Waals surface area contributed by atoms with E-state index in [1.165, 1.54) is 36.4 Å². The van der Waals surface area contributed by atoms with E-state index >= 15 is 0 Å². The van der Waals surface area contributed by atoms with Crippen molar-refractivity contribution in [3.05, 3.63) is 64.0 Å². The average molecular weight is 388 g/mol. The molecular weight excluding hydrogens is 367 g/mol. The van der Waals surface area contributed by atoms with E-state index in [4.69, 9.17) is 0 Å². The minimum Gasteiger partial charge on any atom is -0.349 e. The fourth-order valence-electron chi connectivity index (χ4n) is 3.30. The average Bonchev–Trinajstić information content (AvgIpc) is 2.65. The lowest BCUT2D eigenvalue weighted by Crippen LogP contribution is -2.41. The summed E-state index contributed by atoms with van der Waals surface area (Å²) in [4.78, 5) is 24.6. The lowest BCUT2D eigenvalue weighted by molar-refractivity contribution is -0.387. The van der Waals surface area contributed by atoms with E-state index in [0.29, 0.717) is 15.7 Å². The molecule has 27 heavy (non-hydrogen) atoms. The van der Waals surface area contributed by atoms with E-state index in [1.54, 1.807) is 24.3 Å². The number of hydrogen-bond acceptors (Lipinski definition) is 4. The molecular formula is C20H21FN2O3S. The van der Waals surface area contributed by atoms with Crippen LogP contribution >= 0.6 is 11.8 Å². The normalized spacial score (nSPS) is 19.5. The maximum Gasteiger partial charge on any atom is 0.284 e. The molecule has 7 heteroatoms. The third-order valence-electron chi connectivity index (χ3n) is 4.89. The highest BCUT2D eigenvalue weighted by atomic mass is 32.2. The predicted molar refractivity (Wildman–Crippen MR) is 103 cm³/mol. The summed E-state index contributed by atoms with van der Waals surface area (Å²) >= 11 is 1.17. The van der Waals surface area contributed by atoms with Gasteiger partial charge in [-0.15, -0.1) is 0 Å². The minimum atomic E-state index is -0.494. The molecule has 0 saturated heterocycles. The number of nitro groups is 1. The summed E-state index contributed by atoms with van der Waals surface area (Å²) in [6.07, 6.45) is 4.28. The molecule has 2 aromatic rings. The summed E-state index contributed by atoms with van der Waals surface area (Å²) in [6.45, 7) is 2.12. The quantitative estimate of drug-likeness (QED) is 0.565. The zero-order valence-corrected chi connectivity index (χ0v) is 15.8. The second kappa shape index (κ2) is 8.52. The van der Waals surface area contributed by atoms with Crippen molar-refractivity contribution in [1.82, 2.24) is 5.32 Å². The largest absolute Gasteiger partial charge is 0.349 e. The molecule has 2 aromatic carbocycles. The van der Waals surface area contributed by atoms with Crippen LogP contribution in [0, 0.1) is 21.8 Å². The van der Waals surface area contributed by atoms with Crippen LogP contribution in [0.3, 0.4) is 0 Å². The number of halogens is 1. The molecule has 1 aliphatic rings. The number of benzene rings is 2. The SMILES string of the molecule is C[C@@H]1CCCC[C@H]1NC(=O)c1ccc(Sc2ccc(F)cc2)c([N+](=O)[O-])c1. The van der Waals surface area contributed by atoms with E-state index in [2.05, 4.69) is 12.2 Å². The molecule has 0 spiro atoms. The Hall–Kier alpha value is -2.41. The van der Waals surface area contributed by atoms with Crippen LogP contribution in [0.5, 0.6) is 0 Å². The Kier molecular flexibility index (Phi) is 6.11. The highest BCUT2D eigenvalue weighted by Crippen LogP contribution is 2.35. The standard InChI is InChI=1S/C20H21FN2O3S/c1-13-4-2-3-5-17(13)22-20(24)14-6-11-19(18(12-14)23(25)26)27-16-9-7-15(21)8-10-16/h6-13,17H,2-5H2,1H3,(H,22,24)/t13-,17-/m1/s1. The van der Waals surface area contributed by atoms with Crippen molar-refractivity contribution in [2.45, 2.75) is 48.4 Å². The van der Waals surface area contributed by atoms with Gasteiger partial charge >= 0.3 is 0 Å². The third-order valence-corrected chi connectivity index (χ3v) is 5.96. The van der Waals surface area contributed by atoms with Crippen LogP contribution in [0.1, 0.15) is 43.0 Å². The molecule has 1 N–H and O–H groups in total. The van der Waals surface area contributed by atoms with Crippen LogP contribution in [0.15, 0.2) is 52.3 Å². The van der Waals surface area contributed by atoms with E-state index < -0.39 is 4.92 Å². The van der Waals surface area contributed by atoms with Gasteiger partial charge in [0.15, 0.2) is 0 Å². The van der Waals surface area contributed by atoms with E-state index in [1.807, 2.05) is 0 Å². The fraction of sp³-hybridized carbons (Fsp3) is 0.350. The van der Waals surface area contributed by atoms with Crippen molar-refractivity contribution in [2.75, 3.05) is 0 Å². The first-order chi connectivity index (χ1) is 12.9. The van der Waals surface area contributed by atoms with Crippen LogP contribution in [0.2, 0.25) is 0 Å². The zero-order valence-electron chi connectivity index (χ0n) is 15.0. The highest BCUT2D eigenvalue weighted by Gasteiger charge is 2.25. The van der Waals surface area contributed by atoms with Crippen molar-refractivity contribution >= 4 is 23.4 Å². The first kappa shape index (κ1) is 19.4. The van der Waals surface area contributed by atoms with Crippen LogP contribution < -0.4 is 5.32 Å². The summed E-state index contributed by atoms with van der Waals surface area (Å²) in [5.74, 6) is -0.237. The van der Waals surface area contributed by atoms with Gasteiger partial charge in [0.05, 0.1) is 9.82 Å². The number of nitrogens with one attached hydrogen (secondary N) is 1. The monoisotopic (exact) mass is 388 g/mol. The number of hydrogen-bond donors (Lipinski definition) is 1. The van der Waals surface area contributed by atoms with Crippen molar-refractivity contribution in [2.24, 2.45) is 5.92 Å². The zero-order chi connectivity index (χ0) is 19.4. The van der Waals surface area contributed by atoms with Gasteiger partial charge in [-0.1, -0.05) is 31.5 Å². The third kappa shape index (κ3) is 4.86. The topological polar surface area (TPSA) is 72.2 Å². The molecule has 1 fully saturated rings. The van der Waals surface area contributed by atoms with Gasteiger partial charge in [0, 0.05) is 22.6 Å². The number of nitro benzene ring substituents is 1. The van der Waals surface area contributed by atoms with Crippen LogP contribution in [-0.4, -0.2) is 16.9 Å². The number of rotatable bonds is 5. The molecule has 1 aliphatic carbocycles. The van der Waals surface area contributed by atoms with Gasteiger partial charge in [0.25, 0.3) is 11.6 Å². The first-order valence-corrected chi connectivity index (χ1v) is 9.78. The molecule has 0 radical (unpaired) electrons. The number of amides is 1. The molecule has 2 atom stereocenters. The summed E-state index contributed by atoms with van der Waals surface area (Å²) in [7, 11) is 0. The summed E-state index contributed by atoms with van der Waals surface area (Å²) in [5.41, 5.74) is 0.150. The van der Waals surface area contributed by atoms with Crippen molar-refractivity contribution < 1.29 is 14.1 Å². The van der Waals surface area contributed by atoms with Gasteiger partial charge in [0.1, 0.15) is 5.82 Å². The number of carbonyl (C=O) groups excluding carboxylic acids is 1. The summed E-state index contributed by atoms with van der Waals surface area (Å²) in [5, 5.41) is 14.5. The lowest BCUT2D eigenvalue weighted by Gasteiger charge is -2.29. The molecule has 3 rings (SSSR count). The van der Waals surface area contributed by atoms with Crippen LogP contribution in [0.4, 0.5) is 10.1 Å². The van der Waals surface area contributed by atoms with Gasteiger partial charge in [-0.3, -0.25) is 14.9 Å². The predicted octanol–water partition coefficient (Wildman–Crippen LogP) is 5.19. The summed E-state index contributed by atoms with van der Waals surface area (Å²) in [6, 6.07) is 10.3. The Morgan fingerprint density at radius 3 is 2.56 bits per heavy atom. The Labute approximate surface area is 161 Å². The molecule has 142 valence electrons. The Balaban J connectivity index is 1.79. The molecule has 0 unspecified atom stereocenters. The molecule has 1 amide bonds. The van der Waals surface area contributed by atoms with Gasteiger partial charge in [-0.2, -0.15) is 0 Å². The fourth-order valence-corrected chi connectivity index (χ4v) is 4.20. The van der Waals surface area contributed by atoms with E-state index in [-0.39, 0.29) is 29.0 Å². The van der Waals surface area contributed by atoms with Gasteiger partial charge in [-0.05, 0) is 55.2 Å². The summed E-state index contributed by atoms with van der Waals surface area (Å²) < 4.78 is 13.0. The highest BCUT2D eigenvalue weighted by molar-refractivity contribution is 7.99. The molecule has 0 heterocycles. The first-order valence-electron chi connectivity index (χ1n) is 8.97. The van der Waals surface area contributed by atoms with Crippen molar-refractivity contribution in [3.8, 4) is 0 Å². The van der Waals surface area contributed by atoms with Gasteiger partial charge in [-0.25, -0.2) is 4.39 Å². The van der Waals surface area contributed by atoms with Gasteiger partial charge < -0.3 is 5.32 Å². The van der Waals surface area contributed by atoms with Gasteiger partial charge in [0.2, 0.25) is 0 Å². The van der Waals surface area contributed by atoms with Crippen LogP contribution in [0.25, 0.3) is 0 Å². The number of nitrogens with zero attached hydrogens (tertiary/aromatic N) is 1. The van der Waals surface area contributed by atoms with E-state index in [0.717, 1.165) is 19.3 Å².